The highest BCUT2D eigenvalue weighted by Gasteiger charge is 2.43. The van der Waals surface area contributed by atoms with E-state index < -0.39 is 0 Å². The highest BCUT2D eigenvalue weighted by atomic mass is 16.5. The van der Waals surface area contributed by atoms with Crippen LogP contribution in [-0.2, 0) is 9.53 Å². The van der Waals surface area contributed by atoms with Gasteiger partial charge >= 0.3 is 5.97 Å². The minimum absolute atomic E-state index is 0.0744. The predicted octanol–water partition coefficient (Wildman–Crippen LogP) is 6.50. The van der Waals surface area contributed by atoms with E-state index in [4.69, 9.17) is 4.74 Å². The number of aromatic nitrogens is 1. The van der Waals surface area contributed by atoms with Crippen molar-refractivity contribution in [2.75, 3.05) is 0 Å². The van der Waals surface area contributed by atoms with Crippen LogP contribution >= 0.6 is 0 Å². The molecule has 156 valence electrons. The van der Waals surface area contributed by atoms with E-state index in [1.165, 1.54) is 55.7 Å². The second kappa shape index (κ2) is 8.08. The van der Waals surface area contributed by atoms with Crippen molar-refractivity contribution in [1.82, 2.24) is 4.98 Å². The average Bonchev–Trinajstić information content (AvgIpc) is 3.01. The number of pyridine rings is 1. The zero-order valence-corrected chi connectivity index (χ0v) is 18.2. The van der Waals surface area contributed by atoms with Crippen LogP contribution in [0.15, 0.2) is 42.3 Å². The Labute approximate surface area is 175 Å². The van der Waals surface area contributed by atoms with Crippen molar-refractivity contribution < 1.29 is 9.53 Å². The molecule has 3 aliphatic carbocycles. The zero-order chi connectivity index (χ0) is 20.5. The molecular weight excluding hydrogens is 358 g/mol. The number of esters is 1. The summed E-state index contributed by atoms with van der Waals surface area (Å²) in [5.41, 5.74) is 4.87. The Morgan fingerprint density at radius 3 is 2.79 bits per heavy atom. The molecule has 3 aliphatic rings. The number of nitrogens with zero attached hydrogens (tertiary/aromatic N) is 1. The molecule has 1 saturated carbocycles. The topological polar surface area (TPSA) is 39.2 Å². The van der Waals surface area contributed by atoms with Crippen LogP contribution in [0.2, 0.25) is 0 Å². The molecule has 4 atom stereocenters. The van der Waals surface area contributed by atoms with Gasteiger partial charge in [0.25, 0.3) is 0 Å². The molecule has 3 nitrogen and oxygen atoms in total. The summed E-state index contributed by atoms with van der Waals surface area (Å²) in [6.07, 6.45) is 19.3. The summed E-state index contributed by atoms with van der Waals surface area (Å²) < 4.78 is 5.57. The minimum Gasteiger partial charge on any atom is -0.462 e. The molecule has 4 unspecified atom stereocenters. The monoisotopic (exact) mass is 393 g/mol. The van der Waals surface area contributed by atoms with Crippen LogP contribution in [0.1, 0.15) is 84.1 Å². The number of hydrogen-bond donors (Lipinski definition) is 0. The molecule has 0 spiro atoms. The van der Waals surface area contributed by atoms with Crippen LogP contribution in [0.3, 0.4) is 0 Å². The third-order valence-corrected chi connectivity index (χ3v) is 8.00. The lowest BCUT2D eigenvalue weighted by molar-refractivity contribution is -0.147. The lowest BCUT2D eigenvalue weighted by Gasteiger charge is -2.43. The summed E-state index contributed by atoms with van der Waals surface area (Å²) in [7, 11) is 0. The Kier molecular flexibility index (Phi) is 5.68. The minimum atomic E-state index is -0.144. The number of allylic oxidation sites excluding steroid dienone is 3. The van der Waals surface area contributed by atoms with Crippen molar-refractivity contribution >= 4 is 11.5 Å². The van der Waals surface area contributed by atoms with Crippen LogP contribution in [0.4, 0.5) is 0 Å². The second-order valence-corrected chi connectivity index (χ2v) is 9.90. The normalized spacial score (nSPS) is 35.0. The van der Waals surface area contributed by atoms with Crippen molar-refractivity contribution in [2.45, 2.75) is 84.7 Å². The van der Waals surface area contributed by atoms with E-state index >= 15 is 0 Å². The number of carbonyl (C=O) groups is 1. The third-order valence-electron chi connectivity index (χ3n) is 8.00. The van der Waals surface area contributed by atoms with Crippen LogP contribution < -0.4 is 0 Å². The van der Waals surface area contributed by atoms with Gasteiger partial charge in [-0.25, -0.2) is 0 Å². The fraction of sp³-hybridized carbons (Fsp3) is 0.615. The van der Waals surface area contributed by atoms with Gasteiger partial charge in [-0.05, 0) is 78.9 Å². The molecular formula is C26H35NO2. The fourth-order valence-corrected chi connectivity index (χ4v) is 6.21. The number of carbonyl (C=O) groups excluding carboxylic acids is 1. The highest BCUT2D eigenvalue weighted by molar-refractivity contribution is 5.72. The summed E-state index contributed by atoms with van der Waals surface area (Å²) in [6, 6.07) is 4.28. The summed E-state index contributed by atoms with van der Waals surface area (Å²) in [5, 5.41) is 0. The summed E-state index contributed by atoms with van der Waals surface area (Å²) in [6.45, 7) is 6.47. The smallest absolute Gasteiger partial charge is 0.302 e. The largest absolute Gasteiger partial charge is 0.462 e. The lowest BCUT2D eigenvalue weighted by atomic mass is 9.63. The second-order valence-electron chi connectivity index (χ2n) is 9.90. The molecule has 1 aromatic heterocycles. The van der Waals surface area contributed by atoms with Crippen molar-refractivity contribution in [3.8, 4) is 0 Å². The lowest BCUT2D eigenvalue weighted by Crippen LogP contribution is -2.33. The summed E-state index contributed by atoms with van der Waals surface area (Å²) in [5.74, 6) is 0.557. The van der Waals surface area contributed by atoms with Crippen molar-refractivity contribution in [1.29, 1.82) is 0 Å². The first-order chi connectivity index (χ1) is 13.9. The molecule has 0 amide bonds. The maximum atomic E-state index is 11.4. The molecule has 4 rings (SSSR count). The Balaban J connectivity index is 1.54. The average molecular weight is 394 g/mol. The van der Waals surface area contributed by atoms with E-state index in [2.05, 4.69) is 43.1 Å². The highest BCUT2D eigenvalue weighted by Crippen LogP contribution is 2.55. The number of hydrogen-bond acceptors (Lipinski definition) is 3. The third kappa shape index (κ3) is 4.06. The molecule has 0 radical (unpaired) electrons. The van der Waals surface area contributed by atoms with Gasteiger partial charge in [0.1, 0.15) is 6.10 Å². The first kappa shape index (κ1) is 20.4. The Hall–Kier alpha value is -1.90. The molecule has 1 fully saturated rings. The molecule has 1 aromatic rings. The number of ether oxygens (including phenoxy) is 1. The zero-order valence-electron chi connectivity index (χ0n) is 18.2. The van der Waals surface area contributed by atoms with Gasteiger partial charge in [-0.15, -0.1) is 0 Å². The van der Waals surface area contributed by atoms with Gasteiger partial charge in [-0.2, -0.15) is 0 Å². The molecule has 0 bridgehead atoms. The molecule has 0 N–H and O–H groups in total. The maximum absolute atomic E-state index is 11.4. The molecule has 0 aromatic carbocycles. The van der Waals surface area contributed by atoms with E-state index in [-0.39, 0.29) is 22.9 Å². The van der Waals surface area contributed by atoms with Crippen molar-refractivity contribution in [3.05, 3.63) is 47.8 Å². The number of fused-ring (bicyclic) bond motifs is 2. The Morgan fingerprint density at radius 2 is 2.03 bits per heavy atom. The van der Waals surface area contributed by atoms with E-state index in [1.54, 1.807) is 0 Å². The first-order valence-electron chi connectivity index (χ1n) is 11.4. The summed E-state index contributed by atoms with van der Waals surface area (Å²) >= 11 is 0. The Bertz CT molecular complexity index is 811. The van der Waals surface area contributed by atoms with Gasteiger partial charge < -0.3 is 4.74 Å². The van der Waals surface area contributed by atoms with Gasteiger partial charge in [-0.1, -0.05) is 44.1 Å². The molecule has 0 saturated heterocycles. The molecule has 29 heavy (non-hydrogen) atoms. The number of rotatable bonds is 2. The first-order valence-corrected chi connectivity index (χ1v) is 11.4. The van der Waals surface area contributed by atoms with E-state index in [0.29, 0.717) is 5.92 Å². The van der Waals surface area contributed by atoms with E-state index in [0.717, 1.165) is 25.7 Å². The van der Waals surface area contributed by atoms with Gasteiger partial charge in [0, 0.05) is 25.7 Å². The molecule has 0 aliphatic heterocycles. The summed E-state index contributed by atoms with van der Waals surface area (Å²) in [4.78, 5) is 15.8. The Morgan fingerprint density at radius 1 is 1.17 bits per heavy atom. The van der Waals surface area contributed by atoms with Gasteiger partial charge in [-0.3, -0.25) is 9.78 Å². The SMILES string of the molecule is CC(=O)OC1CCC2(C)CCCC3(C)C(c4cccnc4)=CCC3CCC=C2C1. The molecule has 3 heteroatoms. The quantitative estimate of drug-likeness (QED) is 0.425. The fourth-order valence-electron chi connectivity index (χ4n) is 6.21. The van der Waals surface area contributed by atoms with Gasteiger partial charge in [0.2, 0.25) is 0 Å². The van der Waals surface area contributed by atoms with Crippen LogP contribution in [0, 0.1) is 16.7 Å². The van der Waals surface area contributed by atoms with Gasteiger partial charge in [0.15, 0.2) is 0 Å². The predicted molar refractivity (Wildman–Crippen MR) is 117 cm³/mol. The molecule has 1 heterocycles. The van der Waals surface area contributed by atoms with Crippen LogP contribution in [-0.4, -0.2) is 17.1 Å². The van der Waals surface area contributed by atoms with E-state index in [1.807, 2.05) is 12.4 Å². The van der Waals surface area contributed by atoms with Crippen LogP contribution in [0.25, 0.3) is 5.57 Å². The van der Waals surface area contributed by atoms with Gasteiger partial charge in [0.05, 0.1) is 0 Å². The van der Waals surface area contributed by atoms with E-state index in [9.17, 15) is 4.79 Å². The maximum Gasteiger partial charge on any atom is 0.302 e. The van der Waals surface area contributed by atoms with Crippen LogP contribution in [0.5, 0.6) is 0 Å². The standard InChI is InChI=1S/C26H35NO2/c1-19(28)29-23-12-15-25(2)13-6-14-26(3)21(8-4-9-22(25)17-23)10-11-24(26)20-7-5-16-27-18-20/h5,7,9,11,16,18,21,23H,4,6,8,10,12-15,17H2,1-3H3. The van der Waals surface area contributed by atoms with Crippen molar-refractivity contribution in [3.63, 3.8) is 0 Å². The van der Waals surface area contributed by atoms with Crippen molar-refractivity contribution in [2.24, 2.45) is 16.7 Å².